The molecule has 1 N–H and O–H groups in total. The van der Waals surface area contributed by atoms with E-state index in [-0.39, 0.29) is 11.5 Å². The quantitative estimate of drug-likeness (QED) is 0.531. The number of hydrogen-bond donors (Lipinski definition) is 1. The average Bonchev–Trinajstić information content (AvgIpc) is 2.84. The second-order valence-corrected chi connectivity index (χ2v) is 8.17. The van der Waals surface area contributed by atoms with Crippen LogP contribution in [0.4, 0.5) is 0 Å². The fourth-order valence-corrected chi connectivity index (χ4v) is 3.96. The van der Waals surface area contributed by atoms with Gasteiger partial charge in [-0.3, -0.25) is 14.5 Å². The van der Waals surface area contributed by atoms with Gasteiger partial charge >= 0.3 is 0 Å². The number of methoxy groups -OCH3 is 1. The van der Waals surface area contributed by atoms with Gasteiger partial charge in [0.15, 0.2) is 11.5 Å². The van der Waals surface area contributed by atoms with Gasteiger partial charge in [-0.1, -0.05) is 25.5 Å². The normalized spacial score (nSPS) is 14.4. The zero-order chi connectivity index (χ0) is 23.2. The maximum absolute atomic E-state index is 13.0. The van der Waals surface area contributed by atoms with Gasteiger partial charge in [0, 0.05) is 31.7 Å². The number of H-pyrrole nitrogens is 1. The second kappa shape index (κ2) is 10.5. The first-order valence-electron chi connectivity index (χ1n) is 11.4. The van der Waals surface area contributed by atoms with Gasteiger partial charge in [0.2, 0.25) is 0 Å². The molecule has 1 aromatic heterocycles. The molecule has 0 atom stereocenters. The highest BCUT2D eigenvalue weighted by Crippen LogP contribution is 2.29. The lowest BCUT2D eigenvalue weighted by molar-refractivity contribution is 0.0625. The van der Waals surface area contributed by atoms with Gasteiger partial charge in [0.05, 0.1) is 31.2 Å². The van der Waals surface area contributed by atoms with Crippen LogP contribution < -0.4 is 15.0 Å². The third kappa shape index (κ3) is 5.34. The molecule has 4 rings (SSSR count). The monoisotopic (exact) mass is 450 g/mol. The Bertz CT molecular complexity index is 1170. The summed E-state index contributed by atoms with van der Waals surface area (Å²) in [7, 11) is 1.58. The molecule has 1 aliphatic rings. The molecule has 3 aromatic rings. The van der Waals surface area contributed by atoms with Gasteiger partial charge in [-0.15, -0.1) is 0 Å². The number of ether oxygens (including phenoxy) is 2. The van der Waals surface area contributed by atoms with Gasteiger partial charge in [0.25, 0.3) is 11.5 Å². The van der Waals surface area contributed by atoms with Gasteiger partial charge in [-0.2, -0.15) is 0 Å². The van der Waals surface area contributed by atoms with Crippen LogP contribution in [0.15, 0.2) is 47.3 Å². The average molecular weight is 451 g/mol. The number of carbonyl (C=O) groups excluding carboxylic acids is 1. The molecule has 0 spiro atoms. The van der Waals surface area contributed by atoms with E-state index >= 15 is 0 Å². The molecule has 8 heteroatoms. The van der Waals surface area contributed by atoms with Crippen LogP contribution in [0.1, 0.15) is 35.9 Å². The summed E-state index contributed by atoms with van der Waals surface area (Å²) in [5.41, 5.74) is 1.16. The summed E-state index contributed by atoms with van der Waals surface area (Å²) in [5.74, 6) is 1.85. The number of rotatable bonds is 8. The molecule has 1 aliphatic heterocycles. The van der Waals surface area contributed by atoms with Crippen LogP contribution >= 0.6 is 0 Å². The van der Waals surface area contributed by atoms with Crippen molar-refractivity contribution >= 4 is 16.8 Å². The number of aromatic amines is 1. The first-order valence-corrected chi connectivity index (χ1v) is 11.4. The molecule has 174 valence electrons. The van der Waals surface area contributed by atoms with E-state index in [2.05, 4.69) is 21.8 Å². The Labute approximate surface area is 193 Å². The van der Waals surface area contributed by atoms with E-state index < -0.39 is 0 Å². The smallest absolute Gasteiger partial charge is 0.258 e. The van der Waals surface area contributed by atoms with E-state index in [1.807, 2.05) is 23.1 Å². The number of nitrogens with one attached hydrogen (secondary N) is 1. The number of carbonyl (C=O) groups is 1. The summed E-state index contributed by atoms with van der Waals surface area (Å²) in [6.07, 6.45) is 2.02. The molecule has 1 saturated heterocycles. The highest BCUT2D eigenvalue weighted by atomic mass is 16.5. The molecule has 0 unspecified atom stereocenters. The van der Waals surface area contributed by atoms with Crippen molar-refractivity contribution in [1.29, 1.82) is 0 Å². The SMILES string of the molecule is CCCCOc1ccc(C(=O)N2CCN(Cc3nc4ccccc4c(=O)[nH]3)CC2)cc1OC. The van der Waals surface area contributed by atoms with Crippen molar-refractivity contribution in [2.75, 3.05) is 39.9 Å². The summed E-state index contributed by atoms with van der Waals surface area (Å²) in [6.45, 7) is 5.90. The number of benzene rings is 2. The van der Waals surface area contributed by atoms with Gasteiger partial charge in [-0.05, 0) is 36.8 Å². The standard InChI is InChI=1S/C25H30N4O4/c1-3-4-15-33-21-10-9-18(16-22(21)32-2)25(31)29-13-11-28(12-14-29)17-23-26-20-8-6-5-7-19(20)24(30)27-23/h5-10,16H,3-4,11-15,17H2,1-2H3,(H,26,27,30). The molecular formula is C25H30N4O4. The molecule has 2 aromatic carbocycles. The largest absolute Gasteiger partial charge is 0.493 e. The van der Waals surface area contributed by atoms with Crippen molar-refractivity contribution < 1.29 is 14.3 Å². The van der Waals surface area contributed by atoms with Gasteiger partial charge < -0.3 is 19.4 Å². The highest BCUT2D eigenvalue weighted by Gasteiger charge is 2.23. The molecule has 0 saturated carbocycles. The first-order chi connectivity index (χ1) is 16.1. The predicted octanol–water partition coefficient (Wildman–Crippen LogP) is 3.07. The minimum atomic E-state index is -0.125. The van der Waals surface area contributed by atoms with Crippen LogP contribution in [-0.4, -0.2) is 65.6 Å². The number of amides is 1. The topological polar surface area (TPSA) is 87.8 Å². The number of nitrogens with zero attached hydrogens (tertiary/aromatic N) is 3. The number of aromatic nitrogens is 2. The Morgan fingerprint density at radius 1 is 1.09 bits per heavy atom. The lowest BCUT2D eigenvalue weighted by Crippen LogP contribution is -2.48. The lowest BCUT2D eigenvalue weighted by atomic mass is 10.1. The van der Waals surface area contributed by atoms with Crippen LogP contribution in [0.5, 0.6) is 11.5 Å². The lowest BCUT2D eigenvalue weighted by Gasteiger charge is -2.34. The third-order valence-corrected chi connectivity index (χ3v) is 5.86. The molecule has 0 bridgehead atoms. The molecule has 33 heavy (non-hydrogen) atoms. The van der Waals surface area contributed by atoms with Crippen LogP contribution in [0.25, 0.3) is 10.9 Å². The molecule has 1 fully saturated rings. The minimum absolute atomic E-state index is 0.0229. The van der Waals surface area contributed by atoms with Crippen molar-refractivity contribution in [3.63, 3.8) is 0 Å². The Kier molecular flexibility index (Phi) is 7.24. The summed E-state index contributed by atoms with van der Waals surface area (Å²) >= 11 is 0. The van der Waals surface area contributed by atoms with E-state index in [0.717, 1.165) is 12.8 Å². The second-order valence-electron chi connectivity index (χ2n) is 8.17. The third-order valence-electron chi connectivity index (χ3n) is 5.86. The van der Waals surface area contributed by atoms with Crippen molar-refractivity contribution in [3.05, 3.63) is 64.2 Å². The number of piperazine rings is 1. The predicted molar refractivity (Wildman–Crippen MR) is 127 cm³/mol. The van der Waals surface area contributed by atoms with Gasteiger partial charge in [0.1, 0.15) is 5.82 Å². The summed E-state index contributed by atoms with van der Waals surface area (Å²) in [6, 6.07) is 12.7. The molecule has 8 nitrogen and oxygen atoms in total. The van der Waals surface area contributed by atoms with Crippen molar-refractivity contribution in [3.8, 4) is 11.5 Å². The first kappa shape index (κ1) is 22.8. The molecule has 0 radical (unpaired) electrons. The van der Waals surface area contributed by atoms with E-state index in [1.165, 1.54) is 0 Å². The Hall–Kier alpha value is -3.39. The van der Waals surface area contributed by atoms with Crippen molar-refractivity contribution in [2.24, 2.45) is 0 Å². The van der Waals surface area contributed by atoms with Gasteiger partial charge in [-0.25, -0.2) is 4.98 Å². The fraction of sp³-hybridized carbons (Fsp3) is 0.400. The van der Waals surface area contributed by atoms with E-state index in [4.69, 9.17) is 9.47 Å². The molecule has 1 amide bonds. The van der Waals surface area contributed by atoms with E-state index in [0.29, 0.717) is 73.1 Å². The van der Waals surface area contributed by atoms with E-state index in [9.17, 15) is 9.59 Å². The van der Waals surface area contributed by atoms with Crippen LogP contribution in [0, 0.1) is 0 Å². The van der Waals surface area contributed by atoms with Crippen LogP contribution in [-0.2, 0) is 6.54 Å². The van der Waals surface area contributed by atoms with Crippen molar-refractivity contribution in [2.45, 2.75) is 26.3 Å². The maximum atomic E-state index is 13.0. The molecule has 2 heterocycles. The van der Waals surface area contributed by atoms with E-state index in [1.54, 1.807) is 31.4 Å². The fourth-order valence-electron chi connectivity index (χ4n) is 3.96. The highest BCUT2D eigenvalue weighted by molar-refractivity contribution is 5.95. The number of para-hydroxylation sites is 1. The summed E-state index contributed by atoms with van der Waals surface area (Å²) in [4.78, 5) is 36.9. The zero-order valence-electron chi connectivity index (χ0n) is 19.2. The van der Waals surface area contributed by atoms with Crippen LogP contribution in [0.2, 0.25) is 0 Å². The minimum Gasteiger partial charge on any atom is -0.493 e. The Balaban J connectivity index is 1.36. The molecular weight excluding hydrogens is 420 g/mol. The number of fused-ring (bicyclic) bond motifs is 1. The Morgan fingerprint density at radius 3 is 2.64 bits per heavy atom. The number of hydrogen-bond acceptors (Lipinski definition) is 6. The summed E-state index contributed by atoms with van der Waals surface area (Å²) in [5, 5.41) is 0.592. The summed E-state index contributed by atoms with van der Waals surface area (Å²) < 4.78 is 11.2. The maximum Gasteiger partial charge on any atom is 0.258 e. The zero-order valence-corrected chi connectivity index (χ0v) is 19.2. The molecule has 0 aliphatic carbocycles. The van der Waals surface area contributed by atoms with Crippen molar-refractivity contribution in [1.82, 2.24) is 19.8 Å². The number of unbranched alkanes of at least 4 members (excludes halogenated alkanes) is 1. The Morgan fingerprint density at radius 2 is 1.88 bits per heavy atom. The van der Waals surface area contributed by atoms with Crippen LogP contribution in [0.3, 0.4) is 0 Å².